The Labute approximate surface area is 139 Å². The third-order valence-corrected chi connectivity index (χ3v) is 4.06. The minimum Gasteiger partial charge on any atom is -0.326 e. The Balaban J connectivity index is 1.94. The van der Waals surface area contributed by atoms with Gasteiger partial charge in [-0.15, -0.1) is 0 Å². The lowest BCUT2D eigenvalue weighted by Gasteiger charge is -2.14. The molecule has 0 saturated carbocycles. The highest BCUT2D eigenvalue weighted by molar-refractivity contribution is 5.91. The molecule has 0 bridgehead atoms. The minimum absolute atomic E-state index is 0.0915. The summed E-state index contributed by atoms with van der Waals surface area (Å²) in [4.78, 5) is 12.3. The van der Waals surface area contributed by atoms with Crippen LogP contribution in [0, 0.1) is 33.6 Å². The molecule has 0 aliphatic heterocycles. The van der Waals surface area contributed by atoms with Gasteiger partial charge in [-0.25, -0.2) is 0 Å². The second kappa shape index (κ2) is 7.45. The lowest BCUT2D eigenvalue weighted by molar-refractivity contribution is -0.116. The molecule has 0 unspecified atom stereocenters. The fourth-order valence-corrected chi connectivity index (χ4v) is 3.13. The monoisotopic (exact) mass is 309 g/mol. The Bertz CT molecular complexity index is 683. The molecule has 2 aromatic rings. The highest BCUT2D eigenvalue weighted by Gasteiger charge is 2.11. The summed E-state index contributed by atoms with van der Waals surface area (Å²) in [7, 11) is 0. The Morgan fingerprint density at radius 1 is 0.957 bits per heavy atom. The molecule has 0 aliphatic carbocycles. The van der Waals surface area contributed by atoms with Gasteiger partial charge in [-0.2, -0.15) is 0 Å². The van der Waals surface area contributed by atoms with Gasteiger partial charge in [0, 0.05) is 12.1 Å². The number of aryl methyl sites for hydroxylation is 4. The van der Waals surface area contributed by atoms with Crippen molar-refractivity contribution in [2.45, 2.75) is 47.5 Å². The molecule has 2 nitrogen and oxygen atoms in total. The van der Waals surface area contributed by atoms with Crippen LogP contribution in [0.1, 0.15) is 41.2 Å². The molecule has 122 valence electrons. The Morgan fingerprint density at radius 3 is 2.22 bits per heavy atom. The van der Waals surface area contributed by atoms with Crippen LogP contribution in [0.3, 0.4) is 0 Å². The zero-order valence-corrected chi connectivity index (χ0v) is 14.9. The van der Waals surface area contributed by atoms with Crippen molar-refractivity contribution in [3.05, 3.63) is 64.2 Å². The third kappa shape index (κ3) is 5.24. The van der Waals surface area contributed by atoms with Gasteiger partial charge >= 0.3 is 0 Å². The Hall–Kier alpha value is -2.09. The second-order valence-electron chi connectivity index (χ2n) is 6.88. The zero-order chi connectivity index (χ0) is 17.0. The Morgan fingerprint density at radius 2 is 1.61 bits per heavy atom. The van der Waals surface area contributed by atoms with Crippen LogP contribution in [0.5, 0.6) is 0 Å². The molecule has 2 aromatic carbocycles. The van der Waals surface area contributed by atoms with Gasteiger partial charge < -0.3 is 5.32 Å². The van der Waals surface area contributed by atoms with Crippen molar-refractivity contribution in [3.8, 4) is 0 Å². The van der Waals surface area contributed by atoms with Crippen LogP contribution in [0.2, 0.25) is 0 Å². The van der Waals surface area contributed by atoms with Crippen LogP contribution in [0.15, 0.2) is 36.4 Å². The average molecular weight is 309 g/mol. The fourth-order valence-electron chi connectivity index (χ4n) is 3.13. The van der Waals surface area contributed by atoms with E-state index in [-0.39, 0.29) is 5.91 Å². The summed E-state index contributed by atoms with van der Waals surface area (Å²) in [5.41, 5.74) is 7.12. The van der Waals surface area contributed by atoms with Crippen LogP contribution in [-0.2, 0) is 11.2 Å². The summed E-state index contributed by atoms with van der Waals surface area (Å²) in [5.74, 6) is 0.413. The number of anilines is 1. The summed E-state index contributed by atoms with van der Waals surface area (Å²) in [6.07, 6.45) is 1.48. The van der Waals surface area contributed by atoms with Gasteiger partial charge in [0.1, 0.15) is 0 Å². The maximum atomic E-state index is 12.3. The predicted octanol–water partition coefficient (Wildman–Crippen LogP) is 5.13. The van der Waals surface area contributed by atoms with Gasteiger partial charge in [-0.3, -0.25) is 4.79 Å². The van der Waals surface area contributed by atoms with Crippen molar-refractivity contribution in [3.63, 3.8) is 0 Å². The van der Waals surface area contributed by atoms with E-state index in [1.807, 2.05) is 19.1 Å². The topological polar surface area (TPSA) is 29.1 Å². The first-order chi connectivity index (χ1) is 10.8. The van der Waals surface area contributed by atoms with Crippen molar-refractivity contribution in [2.24, 2.45) is 5.92 Å². The number of amides is 1. The molecule has 2 rings (SSSR count). The van der Waals surface area contributed by atoms with Gasteiger partial charge in [0.25, 0.3) is 0 Å². The Kier molecular flexibility index (Phi) is 5.59. The van der Waals surface area contributed by atoms with Crippen molar-refractivity contribution >= 4 is 11.6 Å². The van der Waals surface area contributed by atoms with Gasteiger partial charge in [-0.1, -0.05) is 53.9 Å². The molecule has 0 saturated heterocycles. The maximum Gasteiger partial charge on any atom is 0.224 e. The SMILES string of the molecule is Cc1cc(C)cc(C[C@@H](C)CC(=O)Nc2ccc(C)cc2C)c1. The molecular formula is C21H27NO. The van der Waals surface area contributed by atoms with Crippen LogP contribution >= 0.6 is 0 Å². The number of rotatable bonds is 5. The molecule has 0 fully saturated rings. The molecule has 0 spiro atoms. The highest BCUT2D eigenvalue weighted by Crippen LogP contribution is 2.19. The summed E-state index contributed by atoms with van der Waals surface area (Å²) in [5, 5.41) is 3.04. The number of benzene rings is 2. The standard InChI is InChI=1S/C21H27NO/c1-14-6-7-20(18(5)9-14)22-21(23)13-17(4)12-19-10-15(2)8-16(3)11-19/h6-11,17H,12-13H2,1-5H3,(H,22,23)/t17-/m1/s1. The molecule has 0 aliphatic rings. The van der Waals surface area contributed by atoms with E-state index in [4.69, 9.17) is 0 Å². The van der Waals surface area contributed by atoms with E-state index >= 15 is 0 Å². The summed E-state index contributed by atoms with van der Waals surface area (Å²) >= 11 is 0. The molecule has 23 heavy (non-hydrogen) atoms. The number of hydrogen-bond acceptors (Lipinski definition) is 1. The van der Waals surface area contributed by atoms with E-state index in [1.165, 1.54) is 22.3 Å². The van der Waals surface area contributed by atoms with E-state index in [0.717, 1.165) is 17.7 Å². The molecule has 0 aromatic heterocycles. The summed E-state index contributed by atoms with van der Waals surface area (Å²) in [6, 6.07) is 12.7. The van der Waals surface area contributed by atoms with Crippen molar-refractivity contribution < 1.29 is 4.79 Å². The molecule has 1 amide bonds. The molecule has 1 atom stereocenters. The van der Waals surface area contributed by atoms with Crippen molar-refractivity contribution in [2.75, 3.05) is 5.32 Å². The van der Waals surface area contributed by atoms with E-state index in [2.05, 4.69) is 57.3 Å². The summed E-state index contributed by atoms with van der Waals surface area (Å²) in [6.45, 7) is 10.5. The number of carbonyl (C=O) groups is 1. The first kappa shape index (κ1) is 17.3. The molecule has 0 heterocycles. The van der Waals surface area contributed by atoms with Crippen LogP contribution in [0.25, 0.3) is 0 Å². The number of hydrogen-bond donors (Lipinski definition) is 1. The van der Waals surface area contributed by atoms with Gasteiger partial charge in [-0.05, 0) is 57.2 Å². The van der Waals surface area contributed by atoms with Crippen molar-refractivity contribution in [1.82, 2.24) is 0 Å². The zero-order valence-electron chi connectivity index (χ0n) is 14.9. The third-order valence-electron chi connectivity index (χ3n) is 4.06. The number of carbonyl (C=O) groups excluding carboxylic acids is 1. The summed E-state index contributed by atoms with van der Waals surface area (Å²) < 4.78 is 0. The average Bonchev–Trinajstić information content (AvgIpc) is 2.40. The lowest BCUT2D eigenvalue weighted by Crippen LogP contribution is -2.17. The van der Waals surface area contributed by atoms with E-state index < -0.39 is 0 Å². The second-order valence-corrected chi connectivity index (χ2v) is 6.88. The predicted molar refractivity (Wildman–Crippen MR) is 97.9 cm³/mol. The largest absolute Gasteiger partial charge is 0.326 e. The molecule has 2 heteroatoms. The van der Waals surface area contributed by atoms with Crippen LogP contribution in [0.4, 0.5) is 5.69 Å². The fraction of sp³-hybridized carbons (Fsp3) is 0.381. The first-order valence-electron chi connectivity index (χ1n) is 8.28. The van der Waals surface area contributed by atoms with E-state index in [9.17, 15) is 4.79 Å². The number of nitrogens with one attached hydrogen (secondary N) is 1. The first-order valence-corrected chi connectivity index (χ1v) is 8.28. The molecule has 1 N–H and O–H groups in total. The minimum atomic E-state index is 0.0915. The van der Waals surface area contributed by atoms with E-state index in [0.29, 0.717) is 12.3 Å². The van der Waals surface area contributed by atoms with E-state index in [1.54, 1.807) is 0 Å². The molecule has 0 radical (unpaired) electrons. The van der Waals surface area contributed by atoms with Gasteiger partial charge in [0.2, 0.25) is 5.91 Å². The highest BCUT2D eigenvalue weighted by atomic mass is 16.1. The normalized spacial score (nSPS) is 12.0. The maximum absolute atomic E-state index is 12.3. The quantitative estimate of drug-likeness (QED) is 0.815. The van der Waals surface area contributed by atoms with Gasteiger partial charge in [0.15, 0.2) is 0 Å². The smallest absolute Gasteiger partial charge is 0.224 e. The lowest BCUT2D eigenvalue weighted by atomic mass is 9.95. The van der Waals surface area contributed by atoms with Gasteiger partial charge in [0.05, 0.1) is 0 Å². The van der Waals surface area contributed by atoms with Crippen molar-refractivity contribution in [1.29, 1.82) is 0 Å². The molecular weight excluding hydrogens is 282 g/mol. The van der Waals surface area contributed by atoms with Crippen LogP contribution < -0.4 is 5.32 Å². The van der Waals surface area contributed by atoms with Crippen LogP contribution in [-0.4, -0.2) is 5.91 Å².